The maximum atomic E-state index is 12.5. The van der Waals surface area contributed by atoms with Crippen LogP contribution in [0.1, 0.15) is 43.0 Å². The molecule has 0 unspecified atom stereocenters. The Morgan fingerprint density at radius 2 is 2.14 bits per heavy atom. The van der Waals surface area contributed by atoms with Crippen molar-refractivity contribution in [1.29, 1.82) is 0 Å². The van der Waals surface area contributed by atoms with E-state index in [0.29, 0.717) is 16.8 Å². The third-order valence-corrected chi connectivity index (χ3v) is 4.34. The lowest BCUT2D eigenvalue weighted by molar-refractivity contribution is 0.0945. The van der Waals surface area contributed by atoms with Gasteiger partial charge in [0.05, 0.1) is 11.1 Å². The van der Waals surface area contributed by atoms with Gasteiger partial charge in [-0.05, 0) is 36.8 Å². The Morgan fingerprint density at radius 3 is 2.86 bits per heavy atom. The van der Waals surface area contributed by atoms with Crippen molar-refractivity contribution in [2.45, 2.75) is 32.6 Å². The van der Waals surface area contributed by atoms with Crippen LogP contribution >= 0.6 is 0 Å². The Hall–Kier alpha value is -2.10. The van der Waals surface area contributed by atoms with E-state index in [1.54, 1.807) is 6.07 Å². The first-order valence-electron chi connectivity index (χ1n) is 7.57. The van der Waals surface area contributed by atoms with Crippen LogP contribution in [0.15, 0.2) is 30.3 Å². The van der Waals surface area contributed by atoms with Crippen LogP contribution in [-0.2, 0) is 0 Å². The van der Waals surface area contributed by atoms with Crippen LogP contribution in [0.3, 0.4) is 0 Å². The number of carbonyl (C=O) groups excluding carboxylic acids is 1. The van der Waals surface area contributed by atoms with Gasteiger partial charge in [-0.2, -0.15) is 0 Å². The predicted molar refractivity (Wildman–Crippen MR) is 85.1 cm³/mol. The van der Waals surface area contributed by atoms with Crippen molar-refractivity contribution >= 4 is 22.6 Å². The topological polar surface area (TPSA) is 68.0 Å². The van der Waals surface area contributed by atoms with E-state index in [2.05, 4.69) is 17.2 Å². The maximum absolute atomic E-state index is 12.5. The lowest BCUT2D eigenvalue weighted by Crippen LogP contribution is -2.30. The number of amides is 1. The first-order valence-corrected chi connectivity index (χ1v) is 7.57. The van der Waals surface area contributed by atoms with Crippen LogP contribution in [-0.4, -0.2) is 17.4 Å². The van der Waals surface area contributed by atoms with Gasteiger partial charge in [0.25, 0.3) is 5.91 Å². The van der Waals surface area contributed by atoms with E-state index in [0.717, 1.165) is 17.4 Å². The van der Waals surface area contributed by atoms with E-state index in [1.165, 1.54) is 25.7 Å². The molecule has 1 aromatic carbocycles. The van der Waals surface area contributed by atoms with Crippen LogP contribution in [0.25, 0.3) is 10.9 Å². The monoisotopic (exact) mass is 283 g/mol. The third-order valence-electron chi connectivity index (χ3n) is 4.34. The number of hydrogen-bond donors (Lipinski definition) is 2. The van der Waals surface area contributed by atoms with Gasteiger partial charge in [-0.15, -0.1) is 0 Å². The van der Waals surface area contributed by atoms with Crippen LogP contribution in [0.5, 0.6) is 0 Å². The third kappa shape index (κ3) is 2.84. The zero-order chi connectivity index (χ0) is 14.9. The number of nitrogens with zero attached hydrogens (tertiary/aromatic N) is 1. The number of nitrogens with one attached hydrogen (secondary N) is 1. The van der Waals surface area contributed by atoms with E-state index < -0.39 is 0 Å². The van der Waals surface area contributed by atoms with Gasteiger partial charge in [0.2, 0.25) is 0 Å². The highest BCUT2D eigenvalue weighted by molar-refractivity contribution is 6.06. The average Bonchev–Trinajstić information content (AvgIpc) is 3.24. The quantitative estimate of drug-likeness (QED) is 0.885. The summed E-state index contributed by atoms with van der Waals surface area (Å²) in [5, 5.41) is 3.94. The number of para-hydroxylation sites is 1. The molecule has 4 nitrogen and oxygen atoms in total. The number of benzene rings is 1. The van der Waals surface area contributed by atoms with Crippen LogP contribution < -0.4 is 11.1 Å². The Labute approximate surface area is 124 Å². The molecule has 0 spiro atoms. The molecule has 4 heteroatoms. The standard InChI is InChI=1S/C17H21N3O/c1-2-7-17(8-9-17)11-19-16(21)13-10-15(18)20-14-6-4-3-5-12(13)14/h3-6,10H,2,7-9,11H2,1H3,(H2,18,20)(H,19,21). The number of rotatable bonds is 5. The molecule has 21 heavy (non-hydrogen) atoms. The van der Waals surface area contributed by atoms with E-state index in [1.807, 2.05) is 24.3 Å². The minimum Gasteiger partial charge on any atom is -0.384 e. The number of aromatic nitrogens is 1. The normalized spacial score (nSPS) is 15.9. The summed E-state index contributed by atoms with van der Waals surface area (Å²) in [5.41, 5.74) is 7.54. The SMILES string of the molecule is CCCC1(CNC(=O)c2cc(N)nc3ccccc23)CC1. The van der Waals surface area contributed by atoms with Crippen molar-refractivity contribution in [2.24, 2.45) is 5.41 Å². The molecule has 2 aromatic rings. The van der Waals surface area contributed by atoms with Gasteiger partial charge in [-0.1, -0.05) is 31.5 Å². The van der Waals surface area contributed by atoms with E-state index in [4.69, 9.17) is 5.73 Å². The second-order valence-electron chi connectivity index (χ2n) is 6.04. The highest BCUT2D eigenvalue weighted by atomic mass is 16.1. The summed E-state index contributed by atoms with van der Waals surface area (Å²) >= 11 is 0. The molecule has 1 amide bonds. The molecular formula is C17H21N3O. The van der Waals surface area contributed by atoms with Gasteiger partial charge >= 0.3 is 0 Å². The summed E-state index contributed by atoms with van der Waals surface area (Å²) < 4.78 is 0. The molecule has 0 aliphatic heterocycles. The van der Waals surface area contributed by atoms with Crippen molar-refractivity contribution in [3.63, 3.8) is 0 Å². The highest BCUT2D eigenvalue weighted by Gasteiger charge is 2.41. The maximum Gasteiger partial charge on any atom is 0.252 e. The van der Waals surface area contributed by atoms with Gasteiger partial charge in [0.1, 0.15) is 5.82 Å². The fraction of sp³-hybridized carbons (Fsp3) is 0.412. The van der Waals surface area contributed by atoms with E-state index in [-0.39, 0.29) is 5.91 Å². The van der Waals surface area contributed by atoms with Crippen molar-refractivity contribution in [2.75, 3.05) is 12.3 Å². The van der Waals surface area contributed by atoms with Crippen LogP contribution in [0.2, 0.25) is 0 Å². The van der Waals surface area contributed by atoms with E-state index in [9.17, 15) is 4.79 Å². The molecule has 0 atom stereocenters. The molecule has 1 aliphatic carbocycles. The first kappa shape index (κ1) is 13.9. The zero-order valence-electron chi connectivity index (χ0n) is 12.4. The number of anilines is 1. The molecule has 1 heterocycles. The van der Waals surface area contributed by atoms with Crippen LogP contribution in [0, 0.1) is 5.41 Å². The van der Waals surface area contributed by atoms with Crippen LogP contribution in [0.4, 0.5) is 5.82 Å². The van der Waals surface area contributed by atoms with Gasteiger partial charge in [-0.25, -0.2) is 4.98 Å². The molecule has 110 valence electrons. The largest absolute Gasteiger partial charge is 0.384 e. The minimum absolute atomic E-state index is 0.0531. The zero-order valence-corrected chi connectivity index (χ0v) is 12.4. The number of pyridine rings is 1. The number of nitrogens with two attached hydrogens (primary N) is 1. The molecule has 1 aliphatic rings. The van der Waals surface area contributed by atoms with Crippen molar-refractivity contribution < 1.29 is 4.79 Å². The summed E-state index contributed by atoms with van der Waals surface area (Å²) in [6.45, 7) is 2.95. The molecule has 1 aromatic heterocycles. The van der Waals surface area contributed by atoms with Crippen molar-refractivity contribution in [3.8, 4) is 0 Å². The molecule has 1 saturated carbocycles. The smallest absolute Gasteiger partial charge is 0.252 e. The average molecular weight is 283 g/mol. The molecule has 0 radical (unpaired) electrons. The second kappa shape index (κ2) is 5.35. The van der Waals surface area contributed by atoms with Gasteiger partial charge < -0.3 is 11.1 Å². The summed E-state index contributed by atoms with van der Waals surface area (Å²) in [5.74, 6) is 0.330. The summed E-state index contributed by atoms with van der Waals surface area (Å²) in [6, 6.07) is 9.27. The number of hydrogen-bond acceptors (Lipinski definition) is 3. The summed E-state index contributed by atoms with van der Waals surface area (Å²) in [6.07, 6.45) is 4.80. The molecular weight excluding hydrogens is 262 g/mol. The second-order valence-corrected chi connectivity index (χ2v) is 6.04. The summed E-state index contributed by atoms with van der Waals surface area (Å²) in [7, 11) is 0. The van der Waals surface area contributed by atoms with E-state index >= 15 is 0 Å². The lowest BCUT2D eigenvalue weighted by atomic mass is 10.0. The van der Waals surface area contributed by atoms with Gasteiger partial charge in [0.15, 0.2) is 0 Å². The summed E-state index contributed by atoms with van der Waals surface area (Å²) in [4.78, 5) is 16.8. The molecule has 1 fully saturated rings. The Morgan fingerprint density at radius 1 is 1.38 bits per heavy atom. The first-order chi connectivity index (χ1) is 10.1. The Balaban J connectivity index is 1.81. The fourth-order valence-electron chi connectivity index (χ4n) is 2.97. The number of nitrogen functional groups attached to an aromatic ring is 1. The highest BCUT2D eigenvalue weighted by Crippen LogP contribution is 2.48. The number of fused-ring (bicyclic) bond motifs is 1. The fourth-order valence-corrected chi connectivity index (χ4v) is 2.97. The number of carbonyl (C=O) groups is 1. The van der Waals surface area contributed by atoms with Crippen molar-refractivity contribution in [1.82, 2.24) is 10.3 Å². The molecule has 3 rings (SSSR count). The lowest BCUT2D eigenvalue weighted by Gasteiger charge is -2.15. The predicted octanol–water partition coefficient (Wildman–Crippen LogP) is 3.13. The molecule has 3 N–H and O–H groups in total. The van der Waals surface area contributed by atoms with Gasteiger partial charge in [0, 0.05) is 11.9 Å². The minimum atomic E-state index is -0.0531. The molecule has 0 bridgehead atoms. The molecule has 0 saturated heterocycles. The van der Waals surface area contributed by atoms with Crippen molar-refractivity contribution in [3.05, 3.63) is 35.9 Å². The van der Waals surface area contributed by atoms with Gasteiger partial charge in [-0.3, -0.25) is 4.79 Å². The Kier molecular flexibility index (Phi) is 3.53. The Bertz CT molecular complexity index is 677.